The number of anilines is 1. The number of pyridine rings is 1. The SMILES string of the molecule is Cc1cc(NC(=O)[C@H](C)Sc2cc(C(=O)NC3CC3)c3ccccc3n2)on1. The molecule has 1 atom stereocenters. The number of amides is 2. The van der Waals surface area contributed by atoms with E-state index in [1.165, 1.54) is 11.8 Å². The molecule has 2 amide bonds. The maximum atomic E-state index is 12.7. The summed E-state index contributed by atoms with van der Waals surface area (Å²) in [5.41, 5.74) is 2.00. The van der Waals surface area contributed by atoms with E-state index in [4.69, 9.17) is 4.52 Å². The van der Waals surface area contributed by atoms with Gasteiger partial charge >= 0.3 is 0 Å². The van der Waals surface area contributed by atoms with Crippen LogP contribution in [0.25, 0.3) is 10.9 Å². The topological polar surface area (TPSA) is 97.1 Å². The Hall–Kier alpha value is -2.87. The minimum atomic E-state index is -0.432. The highest BCUT2D eigenvalue weighted by Gasteiger charge is 2.25. The summed E-state index contributed by atoms with van der Waals surface area (Å²) in [5.74, 6) is -0.0109. The molecule has 4 rings (SSSR count). The summed E-state index contributed by atoms with van der Waals surface area (Å²) in [5, 5.41) is 10.5. The van der Waals surface area contributed by atoms with Gasteiger partial charge in [0.25, 0.3) is 5.91 Å². The zero-order valence-corrected chi connectivity index (χ0v) is 16.4. The molecule has 1 aliphatic rings. The minimum absolute atomic E-state index is 0.0998. The van der Waals surface area contributed by atoms with Gasteiger partial charge in [0.2, 0.25) is 11.8 Å². The first kappa shape index (κ1) is 18.5. The molecule has 2 N–H and O–H groups in total. The number of benzene rings is 1. The van der Waals surface area contributed by atoms with Crippen molar-refractivity contribution in [2.75, 3.05) is 5.32 Å². The molecule has 3 aromatic rings. The number of aryl methyl sites for hydroxylation is 1. The molecule has 1 aromatic carbocycles. The first-order valence-electron chi connectivity index (χ1n) is 9.11. The first-order valence-corrected chi connectivity index (χ1v) is 9.99. The van der Waals surface area contributed by atoms with Crippen LogP contribution in [0.5, 0.6) is 0 Å². The summed E-state index contributed by atoms with van der Waals surface area (Å²) in [4.78, 5) is 29.7. The van der Waals surface area contributed by atoms with Gasteiger partial charge in [-0.15, -0.1) is 0 Å². The maximum absolute atomic E-state index is 12.7. The number of hydrogen-bond acceptors (Lipinski definition) is 6. The molecule has 0 radical (unpaired) electrons. The average molecular weight is 396 g/mol. The summed E-state index contributed by atoms with van der Waals surface area (Å²) in [6.07, 6.45) is 2.04. The number of fused-ring (bicyclic) bond motifs is 1. The van der Waals surface area contributed by atoms with Gasteiger partial charge in [0.1, 0.15) is 0 Å². The number of hydrogen-bond donors (Lipinski definition) is 2. The van der Waals surface area contributed by atoms with Gasteiger partial charge in [0.05, 0.1) is 27.0 Å². The lowest BCUT2D eigenvalue weighted by Crippen LogP contribution is -2.26. The predicted octanol–water partition coefficient (Wildman–Crippen LogP) is 3.54. The second-order valence-corrected chi connectivity index (χ2v) is 8.22. The fourth-order valence-corrected chi connectivity index (χ4v) is 3.64. The number of rotatable bonds is 6. The fourth-order valence-electron chi connectivity index (χ4n) is 2.77. The summed E-state index contributed by atoms with van der Waals surface area (Å²) in [6, 6.07) is 11.2. The Morgan fingerprint density at radius 2 is 2.04 bits per heavy atom. The average Bonchev–Trinajstić information content (AvgIpc) is 3.40. The molecule has 144 valence electrons. The van der Waals surface area contributed by atoms with Crippen molar-refractivity contribution in [3.63, 3.8) is 0 Å². The molecule has 0 saturated heterocycles. The largest absolute Gasteiger partial charge is 0.349 e. The Labute approximate surface area is 166 Å². The standard InChI is InChI=1S/C20H20N4O3S/c1-11-9-17(27-24-11)23-19(25)12(2)28-18-10-15(20(26)21-13-7-8-13)14-5-3-4-6-16(14)22-18/h3-6,9-10,12-13H,7-8H2,1-2H3,(H,21,26)(H,23,25)/t12-/m0/s1. The van der Waals surface area contributed by atoms with E-state index in [0.29, 0.717) is 22.2 Å². The fraction of sp³-hybridized carbons (Fsp3) is 0.300. The van der Waals surface area contributed by atoms with Crippen LogP contribution in [0, 0.1) is 6.92 Å². The van der Waals surface area contributed by atoms with Crippen molar-refractivity contribution in [3.05, 3.63) is 47.7 Å². The first-order chi connectivity index (χ1) is 13.5. The number of carbonyl (C=O) groups excluding carboxylic acids is 2. The lowest BCUT2D eigenvalue weighted by molar-refractivity contribution is -0.115. The smallest absolute Gasteiger partial charge is 0.252 e. The monoisotopic (exact) mass is 396 g/mol. The van der Waals surface area contributed by atoms with Gasteiger partial charge in [-0.2, -0.15) is 0 Å². The van der Waals surface area contributed by atoms with E-state index in [1.807, 2.05) is 24.3 Å². The molecule has 28 heavy (non-hydrogen) atoms. The highest BCUT2D eigenvalue weighted by Crippen LogP contribution is 2.28. The number of nitrogens with zero attached hydrogens (tertiary/aromatic N) is 2. The second-order valence-electron chi connectivity index (χ2n) is 6.85. The number of para-hydroxylation sites is 1. The Bertz CT molecular complexity index is 1040. The summed E-state index contributed by atoms with van der Waals surface area (Å²) < 4.78 is 5.03. The van der Waals surface area contributed by atoms with Crippen LogP contribution in [-0.2, 0) is 4.79 Å². The number of carbonyl (C=O) groups is 2. The Balaban J connectivity index is 1.55. The van der Waals surface area contributed by atoms with Crippen molar-refractivity contribution in [2.24, 2.45) is 0 Å². The molecule has 2 aromatic heterocycles. The normalized spacial score (nSPS) is 14.6. The van der Waals surface area contributed by atoms with Gasteiger partial charge in [-0.3, -0.25) is 14.9 Å². The predicted molar refractivity (Wildman–Crippen MR) is 107 cm³/mol. The quantitative estimate of drug-likeness (QED) is 0.619. The Morgan fingerprint density at radius 3 is 2.75 bits per heavy atom. The third kappa shape index (κ3) is 4.17. The molecular formula is C20H20N4O3S. The Morgan fingerprint density at radius 1 is 1.25 bits per heavy atom. The van der Waals surface area contributed by atoms with Crippen LogP contribution in [0.2, 0.25) is 0 Å². The van der Waals surface area contributed by atoms with Crippen molar-refractivity contribution >= 4 is 40.4 Å². The van der Waals surface area contributed by atoms with E-state index in [1.54, 1.807) is 26.0 Å². The van der Waals surface area contributed by atoms with Crippen LogP contribution in [0.15, 0.2) is 45.9 Å². The van der Waals surface area contributed by atoms with Crippen LogP contribution in [0.1, 0.15) is 35.8 Å². The highest BCUT2D eigenvalue weighted by atomic mass is 32.2. The molecule has 1 fully saturated rings. The van der Waals surface area contributed by atoms with Crippen LogP contribution >= 0.6 is 11.8 Å². The van der Waals surface area contributed by atoms with Crippen molar-refractivity contribution < 1.29 is 14.1 Å². The van der Waals surface area contributed by atoms with Crippen molar-refractivity contribution in [1.29, 1.82) is 0 Å². The third-order valence-corrected chi connectivity index (χ3v) is 5.41. The third-order valence-electron chi connectivity index (χ3n) is 4.39. The molecule has 8 heteroatoms. The lowest BCUT2D eigenvalue weighted by atomic mass is 10.1. The van der Waals surface area contributed by atoms with Crippen LogP contribution < -0.4 is 10.6 Å². The molecule has 2 heterocycles. The summed E-state index contributed by atoms with van der Waals surface area (Å²) >= 11 is 1.29. The zero-order valence-electron chi connectivity index (χ0n) is 15.6. The number of aromatic nitrogens is 2. The highest BCUT2D eigenvalue weighted by molar-refractivity contribution is 8.00. The second kappa shape index (κ2) is 7.63. The van der Waals surface area contributed by atoms with E-state index < -0.39 is 5.25 Å². The van der Waals surface area contributed by atoms with Gasteiger partial charge in [0.15, 0.2) is 0 Å². The zero-order chi connectivity index (χ0) is 19.7. The molecule has 0 aliphatic heterocycles. The summed E-state index contributed by atoms with van der Waals surface area (Å²) in [7, 11) is 0. The maximum Gasteiger partial charge on any atom is 0.252 e. The molecule has 7 nitrogen and oxygen atoms in total. The van der Waals surface area contributed by atoms with Crippen molar-refractivity contribution in [3.8, 4) is 0 Å². The number of thioether (sulfide) groups is 1. The molecule has 1 aliphatic carbocycles. The molecule has 1 saturated carbocycles. The van der Waals surface area contributed by atoms with Crippen LogP contribution in [-0.4, -0.2) is 33.2 Å². The van der Waals surface area contributed by atoms with Gasteiger partial charge in [-0.25, -0.2) is 4.98 Å². The van der Waals surface area contributed by atoms with Crippen LogP contribution in [0.3, 0.4) is 0 Å². The van der Waals surface area contributed by atoms with E-state index in [2.05, 4.69) is 20.8 Å². The molecule has 0 unspecified atom stereocenters. The van der Waals surface area contributed by atoms with Crippen molar-refractivity contribution in [1.82, 2.24) is 15.5 Å². The Kier molecular flexibility index (Phi) is 5.04. The minimum Gasteiger partial charge on any atom is -0.349 e. The van der Waals surface area contributed by atoms with Gasteiger partial charge < -0.3 is 9.84 Å². The van der Waals surface area contributed by atoms with Crippen molar-refractivity contribution in [2.45, 2.75) is 43.0 Å². The molecule has 0 bridgehead atoms. The molecule has 0 spiro atoms. The molecular weight excluding hydrogens is 376 g/mol. The summed E-state index contributed by atoms with van der Waals surface area (Å²) in [6.45, 7) is 3.56. The van der Waals surface area contributed by atoms with Gasteiger partial charge in [-0.1, -0.05) is 35.1 Å². The number of nitrogens with one attached hydrogen (secondary N) is 2. The lowest BCUT2D eigenvalue weighted by Gasteiger charge is -2.13. The van der Waals surface area contributed by atoms with E-state index in [0.717, 1.165) is 23.7 Å². The van der Waals surface area contributed by atoms with E-state index in [-0.39, 0.29) is 17.9 Å². The van der Waals surface area contributed by atoms with E-state index >= 15 is 0 Å². The van der Waals surface area contributed by atoms with Crippen LogP contribution in [0.4, 0.5) is 5.88 Å². The van der Waals surface area contributed by atoms with Gasteiger partial charge in [-0.05, 0) is 38.8 Å². The van der Waals surface area contributed by atoms with Gasteiger partial charge in [0, 0.05) is 17.5 Å². The van der Waals surface area contributed by atoms with E-state index in [9.17, 15) is 9.59 Å².